The van der Waals surface area contributed by atoms with Crippen molar-refractivity contribution in [3.05, 3.63) is 70.2 Å². The normalized spacial score (nSPS) is 11.0. The van der Waals surface area contributed by atoms with E-state index in [1.165, 1.54) is 5.56 Å². The van der Waals surface area contributed by atoms with Gasteiger partial charge in [-0.2, -0.15) is 0 Å². The lowest BCUT2D eigenvalue weighted by atomic mass is 10.1. The number of hydrogen-bond donors (Lipinski definition) is 1. The average Bonchev–Trinajstić information content (AvgIpc) is 2.56. The van der Waals surface area contributed by atoms with E-state index in [-0.39, 0.29) is 0 Å². The minimum absolute atomic E-state index is 0.610. The van der Waals surface area contributed by atoms with Crippen molar-refractivity contribution in [2.75, 3.05) is 12.3 Å². The Balaban J connectivity index is 1.55. The van der Waals surface area contributed by atoms with Crippen LogP contribution in [-0.4, -0.2) is 11.6 Å². The number of benzene rings is 2. The summed E-state index contributed by atoms with van der Waals surface area (Å²) in [4.78, 5) is 4.49. The number of rotatable bonds is 6. The van der Waals surface area contributed by atoms with E-state index >= 15 is 0 Å². The van der Waals surface area contributed by atoms with Gasteiger partial charge < -0.3 is 10.5 Å². The Hall–Kier alpha value is -1.91. The Labute approximate surface area is 144 Å². The molecule has 2 aromatic carbocycles. The Morgan fingerprint density at radius 2 is 1.87 bits per heavy atom. The minimum Gasteiger partial charge on any atom is -0.383 e. The molecule has 1 heterocycles. The van der Waals surface area contributed by atoms with Gasteiger partial charge in [-0.1, -0.05) is 52.3 Å². The summed E-state index contributed by atoms with van der Waals surface area (Å²) in [6.45, 7) is 1.37. The number of hydrogen-bond acceptors (Lipinski definition) is 3. The molecule has 3 aromatic rings. The molecule has 3 nitrogen and oxygen atoms in total. The Morgan fingerprint density at radius 3 is 2.70 bits per heavy atom. The second-order valence-corrected chi connectivity index (χ2v) is 6.43. The second kappa shape index (κ2) is 7.57. The topological polar surface area (TPSA) is 48.1 Å². The molecular weight excluding hydrogens is 352 g/mol. The van der Waals surface area contributed by atoms with Crippen molar-refractivity contribution in [3.8, 4) is 0 Å². The molecule has 3 rings (SSSR count). The molecule has 0 saturated heterocycles. The van der Waals surface area contributed by atoms with Crippen LogP contribution in [0.2, 0.25) is 0 Å². The number of aryl methyl sites for hydroxylation is 1. The van der Waals surface area contributed by atoms with Crippen molar-refractivity contribution in [1.82, 2.24) is 4.98 Å². The summed E-state index contributed by atoms with van der Waals surface area (Å²) >= 11 is 3.46. The molecule has 0 aliphatic carbocycles. The molecule has 0 amide bonds. The number of halogens is 1. The third kappa shape index (κ3) is 4.30. The third-order valence-corrected chi connectivity index (χ3v) is 4.23. The van der Waals surface area contributed by atoms with Crippen LogP contribution >= 0.6 is 15.9 Å². The van der Waals surface area contributed by atoms with Crippen LogP contribution in [0.5, 0.6) is 0 Å². The predicted molar refractivity (Wildman–Crippen MR) is 98.3 cm³/mol. The first-order chi connectivity index (χ1) is 11.2. The summed E-state index contributed by atoms with van der Waals surface area (Å²) in [5.41, 5.74) is 9.28. The molecule has 0 saturated carbocycles. The van der Waals surface area contributed by atoms with Crippen molar-refractivity contribution in [2.24, 2.45) is 0 Å². The molecule has 0 aliphatic heterocycles. The number of nitrogens with zero attached hydrogens (tertiary/aromatic N) is 1. The Morgan fingerprint density at radius 1 is 1.04 bits per heavy atom. The summed E-state index contributed by atoms with van der Waals surface area (Å²) in [5.74, 6) is 0.610. The van der Waals surface area contributed by atoms with Gasteiger partial charge in [-0.05, 0) is 42.2 Å². The summed E-state index contributed by atoms with van der Waals surface area (Å²) < 4.78 is 6.73. The van der Waals surface area contributed by atoms with E-state index in [0.29, 0.717) is 19.0 Å². The van der Waals surface area contributed by atoms with Gasteiger partial charge in [0.25, 0.3) is 0 Å². The van der Waals surface area contributed by atoms with Gasteiger partial charge in [-0.25, -0.2) is 4.98 Å². The molecule has 0 unspecified atom stereocenters. The Bertz CT molecular complexity index is 790. The van der Waals surface area contributed by atoms with Gasteiger partial charge >= 0.3 is 0 Å². The fourth-order valence-corrected chi connectivity index (χ4v) is 2.88. The first-order valence-electron chi connectivity index (χ1n) is 7.69. The molecule has 0 bridgehead atoms. The fraction of sp³-hybridized carbons (Fsp3) is 0.211. The van der Waals surface area contributed by atoms with Crippen LogP contribution in [0.25, 0.3) is 10.9 Å². The van der Waals surface area contributed by atoms with Gasteiger partial charge in [0.05, 0.1) is 12.1 Å². The molecule has 0 radical (unpaired) electrons. The van der Waals surface area contributed by atoms with Gasteiger partial charge in [0.1, 0.15) is 5.82 Å². The van der Waals surface area contributed by atoms with Crippen LogP contribution in [0.3, 0.4) is 0 Å². The molecule has 4 heteroatoms. The maximum Gasteiger partial charge on any atom is 0.127 e. The zero-order valence-corrected chi connectivity index (χ0v) is 14.4. The van der Waals surface area contributed by atoms with E-state index in [1.54, 1.807) is 0 Å². The monoisotopic (exact) mass is 370 g/mol. The third-order valence-electron chi connectivity index (χ3n) is 3.74. The highest BCUT2D eigenvalue weighted by Crippen LogP contribution is 2.23. The SMILES string of the molecule is Nc1nc2cc(Br)ccc2cc1CCCOCc1ccccc1. The summed E-state index contributed by atoms with van der Waals surface area (Å²) in [6.07, 6.45) is 1.81. The lowest BCUT2D eigenvalue weighted by Gasteiger charge is -2.08. The number of nitrogens with two attached hydrogens (primary N) is 1. The van der Waals surface area contributed by atoms with E-state index < -0.39 is 0 Å². The maximum atomic E-state index is 6.08. The smallest absolute Gasteiger partial charge is 0.127 e. The van der Waals surface area contributed by atoms with E-state index in [1.807, 2.05) is 30.3 Å². The second-order valence-electron chi connectivity index (χ2n) is 5.51. The summed E-state index contributed by atoms with van der Waals surface area (Å²) in [6, 6.07) is 18.4. The molecular formula is C19H19BrN2O. The van der Waals surface area contributed by atoms with Gasteiger partial charge in [0.2, 0.25) is 0 Å². The highest BCUT2D eigenvalue weighted by atomic mass is 79.9. The highest BCUT2D eigenvalue weighted by Gasteiger charge is 2.05. The van der Waals surface area contributed by atoms with E-state index in [9.17, 15) is 0 Å². The number of aromatic nitrogens is 1. The van der Waals surface area contributed by atoms with Gasteiger partial charge in [-0.15, -0.1) is 0 Å². The average molecular weight is 371 g/mol. The minimum atomic E-state index is 0.610. The Kier molecular flexibility index (Phi) is 5.26. The number of nitrogen functional groups attached to an aromatic ring is 1. The molecule has 0 aliphatic rings. The van der Waals surface area contributed by atoms with E-state index in [4.69, 9.17) is 10.5 Å². The molecule has 1 aromatic heterocycles. The van der Waals surface area contributed by atoms with Gasteiger partial charge in [0.15, 0.2) is 0 Å². The van der Waals surface area contributed by atoms with Crippen LogP contribution in [0.4, 0.5) is 5.82 Å². The molecule has 0 spiro atoms. The molecule has 0 atom stereocenters. The van der Waals surface area contributed by atoms with E-state index in [2.05, 4.69) is 45.2 Å². The molecule has 0 fully saturated rings. The molecule has 118 valence electrons. The first-order valence-corrected chi connectivity index (χ1v) is 8.48. The van der Waals surface area contributed by atoms with Crippen molar-refractivity contribution >= 4 is 32.7 Å². The predicted octanol–water partition coefficient (Wildman–Crippen LogP) is 4.73. The quantitative estimate of drug-likeness (QED) is 0.638. The fourth-order valence-electron chi connectivity index (χ4n) is 2.53. The van der Waals surface area contributed by atoms with Crippen molar-refractivity contribution in [2.45, 2.75) is 19.4 Å². The summed E-state index contributed by atoms with van der Waals surface area (Å²) in [7, 11) is 0. The van der Waals surface area contributed by atoms with Crippen LogP contribution in [0.1, 0.15) is 17.5 Å². The van der Waals surface area contributed by atoms with Gasteiger partial charge in [0, 0.05) is 16.5 Å². The highest BCUT2D eigenvalue weighted by molar-refractivity contribution is 9.10. The van der Waals surface area contributed by atoms with Crippen molar-refractivity contribution in [1.29, 1.82) is 0 Å². The number of ether oxygens (including phenoxy) is 1. The zero-order valence-electron chi connectivity index (χ0n) is 12.8. The molecule has 23 heavy (non-hydrogen) atoms. The van der Waals surface area contributed by atoms with Crippen LogP contribution in [0, 0.1) is 0 Å². The van der Waals surface area contributed by atoms with Crippen LogP contribution in [0.15, 0.2) is 59.1 Å². The zero-order chi connectivity index (χ0) is 16.1. The van der Waals surface area contributed by atoms with Crippen LogP contribution < -0.4 is 5.73 Å². The first kappa shape index (κ1) is 16.0. The van der Waals surface area contributed by atoms with Crippen LogP contribution in [-0.2, 0) is 17.8 Å². The number of pyridine rings is 1. The lowest BCUT2D eigenvalue weighted by Crippen LogP contribution is -2.02. The lowest BCUT2D eigenvalue weighted by molar-refractivity contribution is 0.119. The van der Waals surface area contributed by atoms with E-state index in [0.717, 1.165) is 33.8 Å². The largest absolute Gasteiger partial charge is 0.383 e. The number of fused-ring (bicyclic) bond motifs is 1. The van der Waals surface area contributed by atoms with Crippen molar-refractivity contribution in [3.63, 3.8) is 0 Å². The van der Waals surface area contributed by atoms with Crippen molar-refractivity contribution < 1.29 is 4.74 Å². The standard InChI is InChI=1S/C19H19BrN2O/c20-17-9-8-15-11-16(19(21)22-18(15)12-17)7-4-10-23-13-14-5-2-1-3-6-14/h1-3,5-6,8-9,11-12H,4,7,10,13H2,(H2,21,22). The summed E-state index contributed by atoms with van der Waals surface area (Å²) in [5, 5.41) is 1.11. The molecule has 2 N–H and O–H groups in total. The number of anilines is 1. The van der Waals surface area contributed by atoms with Gasteiger partial charge in [-0.3, -0.25) is 0 Å². The maximum absolute atomic E-state index is 6.08.